The van der Waals surface area contributed by atoms with E-state index in [-0.39, 0.29) is 17.2 Å². The summed E-state index contributed by atoms with van der Waals surface area (Å²) in [4.78, 5) is 13.7. The molecular weight excluding hydrogens is 470 g/mol. The summed E-state index contributed by atoms with van der Waals surface area (Å²) >= 11 is 0. The molecular formula is C34H35NO3. The van der Waals surface area contributed by atoms with Crippen LogP contribution in [0.1, 0.15) is 73.5 Å². The van der Waals surface area contributed by atoms with E-state index in [0.29, 0.717) is 19.3 Å². The number of amides is 1. The molecule has 4 nitrogen and oxygen atoms in total. The summed E-state index contributed by atoms with van der Waals surface area (Å²) in [5, 5.41) is 14.1. The molecule has 1 aliphatic heterocycles. The monoisotopic (exact) mass is 505 g/mol. The summed E-state index contributed by atoms with van der Waals surface area (Å²) in [5.74, 6) is 1.47. The second-order valence-electron chi connectivity index (χ2n) is 11.0. The summed E-state index contributed by atoms with van der Waals surface area (Å²) in [6, 6.07) is 31.8. The molecule has 38 heavy (non-hydrogen) atoms. The fraction of sp³-hybridized carbons (Fsp3) is 0.265. The molecule has 0 saturated carbocycles. The van der Waals surface area contributed by atoms with Crippen molar-refractivity contribution in [2.24, 2.45) is 0 Å². The molecule has 4 aromatic carbocycles. The zero-order chi connectivity index (χ0) is 26.7. The number of ether oxygens (including phenoxy) is 1. The molecule has 1 heterocycles. The number of nitrogens with one attached hydrogen (secondary N) is 1. The van der Waals surface area contributed by atoms with Crippen LogP contribution >= 0.6 is 0 Å². The quantitative estimate of drug-likeness (QED) is 0.268. The Hall–Kier alpha value is -3.89. The van der Waals surface area contributed by atoms with Crippen molar-refractivity contribution in [2.45, 2.75) is 57.5 Å². The number of benzene rings is 4. The van der Waals surface area contributed by atoms with Gasteiger partial charge in [-0.1, -0.05) is 106 Å². The molecule has 5 rings (SSSR count). The predicted molar refractivity (Wildman–Crippen MR) is 153 cm³/mol. The van der Waals surface area contributed by atoms with E-state index in [1.807, 2.05) is 84.9 Å². The van der Waals surface area contributed by atoms with Crippen molar-refractivity contribution in [3.63, 3.8) is 0 Å². The lowest BCUT2D eigenvalue weighted by Crippen LogP contribution is -2.23. The molecule has 0 aromatic heterocycles. The summed E-state index contributed by atoms with van der Waals surface area (Å²) in [5.41, 5.74) is 5.78. The normalized spacial score (nSPS) is 13.7. The predicted octanol–water partition coefficient (Wildman–Crippen LogP) is 7.92. The van der Waals surface area contributed by atoms with Gasteiger partial charge in [0.15, 0.2) is 0 Å². The van der Waals surface area contributed by atoms with Crippen LogP contribution in [0, 0.1) is 0 Å². The van der Waals surface area contributed by atoms with Gasteiger partial charge in [-0.3, -0.25) is 4.79 Å². The number of rotatable bonds is 7. The maximum atomic E-state index is 13.7. The van der Waals surface area contributed by atoms with Gasteiger partial charge in [-0.25, -0.2) is 0 Å². The van der Waals surface area contributed by atoms with E-state index in [1.165, 1.54) is 0 Å². The fourth-order valence-electron chi connectivity index (χ4n) is 5.32. The average Bonchev–Trinajstić information content (AvgIpc) is 2.92. The van der Waals surface area contributed by atoms with Gasteiger partial charge in [-0.05, 0) is 47.1 Å². The molecule has 1 unspecified atom stereocenters. The lowest BCUT2D eigenvalue weighted by molar-refractivity contribution is -0.116. The number of hydrogen-bond acceptors (Lipinski definition) is 3. The van der Waals surface area contributed by atoms with Crippen LogP contribution in [0.3, 0.4) is 0 Å². The molecule has 194 valence electrons. The van der Waals surface area contributed by atoms with Crippen LogP contribution in [0.2, 0.25) is 0 Å². The standard InChI is InChI=1S/C34H35NO3/c1-34(2,3)28-17-11-14-24(20-21-29(36)23-12-5-4-6-13-23)33(28)35-32(37)22-27-25-15-7-9-18-30(25)38-31-19-10-8-16-26(27)31/h4-19,27,29,36H,20-22H2,1-3H3,(H,35,37). The number of aliphatic hydroxyl groups is 1. The zero-order valence-electron chi connectivity index (χ0n) is 22.3. The highest BCUT2D eigenvalue weighted by Gasteiger charge is 2.30. The van der Waals surface area contributed by atoms with E-state index in [9.17, 15) is 9.90 Å². The molecule has 0 fully saturated rings. The van der Waals surface area contributed by atoms with Crippen LogP contribution in [0.4, 0.5) is 5.69 Å². The Morgan fingerprint density at radius 1 is 0.842 bits per heavy atom. The summed E-state index contributed by atoms with van der Waals surface area (Å²) in [6.07, 6.45) is 0.968. The van der Waals surface area contributed by atoms with E-state index in [0.717, 1.165) is 45.0 Å². The van der Waals surface area contributed by atoms with Gasteiger partial charge in [0, 0.05) is 29.2 Å². The molecule has 0 saturated heterocycles. The lowest BCUT2D eigenvalue weighted by atomic mass is 9.83. The highest BCUT2D eigenvalue weighted by atomic mass is 16.5. The van der Waals surface area contributed by atoms with E-state index in [2.05, 4.69) is 38.2 Å². The largest absolute Gasteiger partial charge is 0.457 e. The van der Waals surface area contributed by atoms with Gasteiger partial charge in [0.25, 0.3) is 0 Å². The van der Waals surface area contributed by atoms with E-state index >= 15 is 0 Å². The number of carbonyl (C=O) groups is 1. The zero-order valence-corrected chi connectivity index (χ0v) is 22.3. The van der Waals surface area contributed by atoms with Crippen molar-refractivity contribution in [1.82, 2.24) is 0 Å². The van der Waals surface area contributed by atoms with E-state index in [4.69, 9.17) is 4.74 Å². The van der Waals surface area contributed by atoms with Gasteiger partial charge >= 0.3 is 0 Å². The molecule has 1 atom stereocenters. The van der Waals surface area contributed by atoms with Crippen molar-refractivity contribution >= 4 is 11.6 Å². The SMILES string of the molecule is CC(C)(C)c1cccc(CCC(O)c2ccccc2)c1NC(=O)CC1c2ccccc2Oc2ccccc21. The maximum Gasteiger partial charge on any atom is 0.225 e. The second kappa shape index (κ2) is 10.8. The molecule has 2 N–H and O–H groups in total. The van der Waals surface area contributed by atoms with Crippen LogP contribution in [-0.4, -0.2) is 11.0 Å². The first-order valence-corrected chi connectivity index (χ1v) is 13.3. The van der Waals surface area contributed by atoms with Crippen LogP contribution in [0.25, 0.3) is 0 Å². The molecule has 1 amide bonds. The molecule has 4 heteroatoms. The van der Waals surface area contributed by atoms with Crippen LogP contribution < -0.4 is 10.1 Å². The first-order valence-electron chi connectivity index (χ1n) is 13.3. The van der Waals surface area contributed by atoms with E-state index in [1.54, 1.807) is 0 Å². The highest BCUT2D eigenvalue weighted by Crippen LogP contribution is 2.45. The third-order valence-electron chi connectivity index (χ3n) is 7.29. The van der Waals surface area contributed by atoms with Crippen molar-refractivity contribution in [1.29, 1.82) is 0 Å². The summed E-state index contributed by atoms with van der Waals surface area (Å²) < 4.78 is 6.13. The number of para-hydroxylation sites is 3. The average molecular weight is 506 g/mol. The van der Waals surface area contributed by atoms with Crippen LogP contribution in [-0.2, 0) is 16.6 Å². The number of carbonyl (C=O) groups excluding carboxylic acids is 1. The van der Waals surface area contributed by atoms with E-state index < -0.39 is 6.10 Å². The summed E-state index contributed by atoms with van der Waals surface area (Å²) in [7, 11) is 0. The smallest absolute Gasteiger partial charge is 0.225 e. The van der Waals surface area contributed by atoms with Gasteiger partial charge in [-0.2, -0.15) is 0 Å². The van der Waals surface area contributed by atoms with Crippen LogP contribution in [0.15, 0.2) is 97.1 Å². The minimum atomic E-state index is -0.562. The number of fused-ring (bicyclic) bond motifs is 2. The number of anilines is 1. The Morgan fingerprint density at radius 2 is 1.45 bits per heavy atom. The van der Waals surface area contributed by atoms with Gasteiger partial charge in [0.05, 0.1) is 6.10 Å². The topological polar surface area (TPSA) is 58.6 Å². The van der Waals surface area contributed by atoms with Gasteiger partial charge in [0.2, 0.25) is 5.91 Å². The number of hydrogen-bond donors (Lipinski definition) is 2. The van der Waals surface area contributed by atoms with Crippen molar-refractivity contribution in [2.75, 3.05) is 5.32 Å². The molecule has 1 aliphatic rings. The first kappa shape index (κ1) is 25.7. The fourth-order valence-corrected chi connectivity index (χ4v) is 5.32. The molecule has 4 aromatic rings. The van der Waals surface area contributed by atoms with Crippen molar-refractivity contribution < 1.29 is 14.6 Å². The lowest BCUT2D eigenvalue weighted by Gasteiger charge is -2.29. The Morgan fingerprint density at radius 3 is 2.08 bits per heavy atom. The number of aliphatic hydroxyl groups excluding tert-OH is 1. The minimum Gasteiger partial charge on any atom is -0.457 e. The van der Waals surface area contributed by atoms with Gasteiger partial charge in [0.1, 0.15) is 11.5 Å². The second-order valence-corrected chi connectivity index (χ2v) is 11.0. The van der Waals surface area contributed by atoms with Gasteiger partial charge in [-0.15, -0.1) is 0 Å². The van der Waals surface area contributed by atoms with Crippen LogP contribution in [0.5, 0.6) is 11.5 Å². The Bertz CT molecular complexity index is 1380. The third-order valence-corrected chi connectivity index (χ3v) is 7.29. The Labute approximate surface area is 225 Å². The molecule has 0 radical (unpaired) electrons. The third kappa shape index (κ3) is 5.51. The summed E-state index contributed by atoms with van der Waals surface area (Å²) in [6.45, 7) is 6.47. The van der Waals surface area contributed by atoms with Crippen molar-refractivity contribution in [3.8, 4) is 11.5 Å². The molecule has 0 spiro atoms. The molecule has 0 bridgehead atoms. The first-order chi connectivity index (χ1) is 18.3. The Kier molecular flexibility index (Phi) is 7.35. The minimum absolute atomic E-state index is 0.0388. The number of aryl methyl sites for hydroxylation is 1. The maximum absolute atomic E-state index is 13.7. The Balaban J connectivity index is 1.41. The highest BCUT2D eigenvalue weighted by molar-refractivity contribution is 5.93. The molecule has 0 aliphatic carbocycles. The van der Waals surface area contributed by atoms with Gasteiger partial charge < -0.3 is 15.2 Å². The van der Waals surface area contributed by atoms with Crippen molar-refractivity contribution in [3.05, 3.63) is 125 Å².